The van der Waals surface area contributed by atoms with Crippen LogP contribution in [-0.4, -0.2) is 42.1 Å². The molecule has 0 saturated heterocycles. The summed E-state index contributed by atoms with van der Waals surface area (Å²) in [5.74, 6) is -0.481. The minimum absolute atomic E-state index is 0.00156. The molecule has 0 aliphatic rings. The van der Waals surface area contributed by atoms with Gasteiger partial charge in [-0.1, -0.05) is 6.92 Å². The summed E-state index contributed by atoms with van der Waals surface area (Å²) in [7, 11) is -3.26. The normalized spacial score (nSPS) is 12.4. The molecule has 4 N–H and O–H groups in total. The molecule has 0 aliphatic carbocycles. The predicted molar refractivity (Wildman–Crippen MR) is 73.6 cm³/mol. The number of aromatic nitrogens is 2. The zero-order valence-electron chi connectivity index (χ0n) is 11.6. The molecule has 0 atom stereocenters. The van der Waals surface area contributed by atoms with Crippen molar-refractivity contribution in [1.82, 2.24) is 15.5 Å². The number of carbonyl (C=O) groups is 1. The maximum absolute atomic E-state index is 11.9. The van der Waals surface area contributed by atoms with Crippen LogP contribution in [0.4, 0.5) is 5.69 Å². The van der Waals surface area contributed by atoms with Crippen molar-refractivity contribution in [2.24, 2.45) is 0 Å². The Hall–Kier alpha value is -1.57. The second-order valence-electron chi connectivity index (χ2n) is 5.03. The van der Waals surface area contributed by atoms with E-state index in [1.807, 2.05) is 6.92 Å². The van der Waals surface area contributed by atoms with E-state index in [2.05, 4.69) is 15.5 Å². The first-order valence-corrected chi connectivity index (χ1v) is 7.79. The number of nitrogen functional groups attached to an aromatic ring is 1. The van der Waals surface area contributed by atoms with Crippen molar-refractivity contribution < 1.29 is 13.2 Å². The van der Waals surface area contributed by atoms with Crippen molar-refractivity contribution in [3.8, 4) is 0 Å². The molecule has 7 nitrogen and oxygen atoms in total. The highest BCUT2D eigenvalue weighted by molar-refractivity contribution is 7.92. The summed E-state index contributed by atoms with van der Waals surface area (Å²) in [6.45, 7) is 4.98. The van der Waals surface area contributed by atoms with Gasteiger partial charge in [-0.25, -0.2) is 8.42 Å². The van der Waals surface area contributed by atoms with Crippen LogP contribution in [0.3, 0.4) is 0 Å². The second kappa shape index (κ2) is 5.20. The van der Waals surface area contributed by atoms with Crippen LogP contribution in [0.1, 0.15) is 37.0 Å². The molecule has 0 radical (unpaired) electrons. The molecule has 1 aromatic heterocycles. The van der Waals surface area contributed by atoms with Gasteiger partial charge in [0.05, 0.1) is 16.1 Å². The summed E-state index contributed by atoms with van der Waals surface area (Å²) in [6.07, 6.45) is 1.78. The van der Waals surface area contributed by atoms with Crippen LogP contribution in [0.2, 0.25) is 0 Å². The molecule has 0 spiro atoms. The average molecular weight is 288 g/mol. The first-order chi connectivity index (χ1) is 8.60. The van der Waals surface area contributed by atoms with Gasteiger partial charge < -0.3 is 11.1 Å². The Morgan fingerprint density at radius 1 is 1.47 bits per heavy atom. The number of amides is 1. The minimum atomic E-state index is -3.26. The summed E-state index contributed by atoms with van der Waals surface area (Å²) in [5.41, 5.74) is 6.86. The van der Waals surface area contributed by atoms with Crippen molar-refractivity contribution in [3.05, 3.63) is 11.4 Å². The number of anilines is 1. The van der Waals surface area contributed by atoms with E-state index < -0.39 is 20.5 Å². The van der Waals surface area contributed by atoms with Crippen LogP contribution >= 0.6 is 0 Å². The molecule has 1 aromatic rings. The lowest BCUT2D eigenvalue weighted by molar-refractivity contribution is 0.0946. The van der Waals surface area contributed by atoms with E-state index >= 15 is 0 Å². The molecule has 0 fully saturated rings. The first kappa shape index (κ1) is 15.5. The van der Waals surface area contributed by atoms with Crippen LogP contribution in [0.15, 0.2) is 0 Å². The van der Waals surface area contributed by atoms with Crippen LogP contribution in [0, 0.1) is 0 Å². The topological polar surface area (TPSA) is 118 Å². The predicted octanol–water partition coefficient (Wildman–Crippen LogP) is 0.107. The summed E-state index contributed by atoms with van der Waals surface area (Å²) in [4.78, 5) is 11.9. The number of carbonyl (C=O) groups excluding carboxylic acids is 1. The fourth-order valence-corrected chi connectivity index (χ4v) is 1.67. The van der Waals surface area contributed by atoms with Gasteiger partial charge in [0.2, 0.25) is 0 Å². The lowest BCUT2D eigenvalue weighted by atomic mass is 10.2. The summed E-state index contributed by atoms with van der Waals surface area (Å²) in [5, 5.41) is 9.06. The maximum Gasteiger partial charge on any atom is 0.273 e. The van der Waals surface area contributed by atoms with E-state index in [1.165, 1.54) is 0 Å². The summed E-state index contributed by atoms with van der Waals surface area (Å²) >= 11 is 0. The van der Waals surface area contributed by atoms with Crippen LogP contribution in [0.5, 0.6) is 0 Å². The van der Waals surface area contributed by atoms with Gasteiger partial charge >= 0.3 is 0 Å². The molecular formula is C11H20N4O3S. The number of rotatable bonds is 5. The van der Waals surface area contributed by atoms with E-state index in [4.69, 9.17) is 5.73 Å². The fraction of sp³-hybridized carbons (Fsp3) is 0.636. The molecule has 8 heteroatoms. The van der Waals surface area contributed by atoms with E-state index in [-0.39, 0.29) is 12.2 Å². The number of aromatic amines is 1. The Morgan fingerprint density at radius 2 is 2.05 bits per heavy atom. The van der Waals surface area contributed by atoms with Gasteiger partial charge in [0.25, 0.3) is 5.91 Å². The van der Waals surface area contributed by atoms with Gasteiger partial charge in [-0.15, -0.1) is 0 Å². The Labute approximate surface area is 112 Å². The number of H-pyrrole nitrogens is 1. The van der Waals surface area contributed by atoms with Crippen LogP contribution < -0.4 is 11.1 Å². The van der Waals surface area contributed by atoms with Gasteiger partial charge in [0.15, 0.2) is 15.5 Å². The van der Waals surface area contributed by atoms with Crippen molar-refractivity contribution in [1.29, 1.82) is 0 Å². The number of nitrogens with two attached hydrogens (primary N) is 1. The van der Waals surface area contributed by atoms with Gasteiger partial charge in [0, 0.05) is 12.8 Å². The van der Waals surface area contributed by atoms with Crippen LogP contribution in [-0.2, 0) is 16.3 Å². The third-order valence-electron chi connectivity index (χ3n) is 3.13. The monoisotopic (exact) mass is 288 g/mol. The molecule has 108 valence electrons. The third kappa shape index (κ3) is 3.25. The molecule has 1 heterocycles. The molecule has 0 saturated carbocycles. The SMILES string of the molecule is CCc1[nH]nc(C(=O)NCC(C)(C)S(C)(=O)=O)c1N. The van der Waals surface area contributed by atoms with Crippen molar-refractivity contribution >= 4 is 21.4 Å². The maximum atomic E-state index is 11.9. The zero-order valence-corrected chi connectivity index (χ0v) is 12.4. The molecule has 1 amide bonds. The number of aryl methyl sites for hydroxylation is 1. The number of hydrogen-bond acceptors (Lipinski definition) is 5. The highest BCUT2D eigenvalue weighted by atomic mass is 32.2. The number of sulfone groups is 1. The fourth-order valence-electron chi connectivity index (χ4n) is 1.34. The summed E-state index contributed by atoms with van der Waals surface area (Å²) in [6, 6.07) is 0. The number of hydrogen-bond donors (Lipinski definition) is 3. The van der Waals surface area contributed by atoms with Gasteiger partial charge in [0.1, 0.15) is 0 Å². The van der Waals surface area contributed by atoms with E-state index in [1.54, 1.807) is 13.8 Å². The second-order valence-corrected chi connectivity index (χ2v) is 7.68. The Morgan fingerprint density at radius 3 is 2.47 bits per heavy atom. The van der Waals surface area contributed by atoms with Crippen LogP contribution in [0.25, 0.3) is 0 Å². The molecule has 0 aromatic carbocycles. The molecule has 0 bridgehead atoms. The van der Waals surface area contributed by atoms with Gasteiger partial charge in [-0.3, -0.25) is 9.89 Å². The molecule has 0 unspecified atom stereocenters. The highest BCUT2D eigenvalue weighted by Crippen LogP contribution is 2.16. The Kier molecular flexibility index (Phi) is 4.24. The van der Waals surface area contributed by atoms with E-state index in [9.17, 15) is 13.2 Å². The smallest absolute Gasteiger partial charge is 0.273 e. The third-order valence-corrected chi connectivity index (χ3v) is 5.28. The van der Waals surface area contributed by atoms with Crippen molar-refractivity contribution in [2.75, 3.05) is 18.5 Å². The average Bonchev–Trinajstić information content (AvgIpc) is 2.66. The first-order valence-electron chi connectivity index (χ1n) is 5.90. The van der Waals surface area contributed by atoms with Crippen molar-refractivity contribution in [2.45, 2.75) is 31.9 Å². The molecule has 1 rings (SSSR count). The van der Waals surface area contributed by atoms with Gasteiger partial charge in [-0.2, -0.15) is 5.10 Å². The lowest BCUT2D eigenvalue weighted by Crippen LogP contribution is -2.44. The quantitative estimate of drug-likeness (QED) is 0.710. The van der Waals surface area contributed by atoms with Gasteiger partial charge in [-0.05, 0) is 20.3 Å². The highest BCUT2D eigenvalue weighted by Gasteiger charge is 2.31. The zero-order chi connectivity index (χ0) is 14.8. The lowest BCUT2D eigenvalue weighted by Gasteiger charge is -2.22. The standard InChI is InChI=1S/C11H20N4O3S/c1-5-7-8(12)9(15-14-7)10(16)13-6-11(2,3)19(4,17)18/h5-6,12H2,1-4H3,(H,13,16)(H,14,15). The van der Waals surface area contributed by atoms with Crippen molar-refractivity contribution in [3.63, 3.8) is 0 Å². The molecular weight excluding hydrogens is 268 g/mol. The summed E-state index contributed by atoms with van der Waals surface area (Å²) < 4.78 is 22.0. The number of nitrogens with one attached hydrogen (secondary N) is 2. The number of nitrogens with zero attached hydrogens (tertiary/aromatic N) is 1. The van der Waals surface area contributed by atoms with E-state index in [0.29, 0.717) is 17.8 Å². The molecule has 0 aliphatic heterocycles. The van der Waals surface area contributed by atoms with E-state index in [0.717, 1.165) is 6.26 Å². The minimum Gasteiger partial charge on any atom is -0.395 e. The largest absolute Gasteiger partial charge is 0.395 e. The molecule has 19 heavy (non-hydrogen) atoms. The Balaban J connectivity index is 2.79. The Bertz CT molecular complexity index is 575.